The van der Waals surface area contributed by atoms with Gasteiger partial charge in [-0.1, -0.05) is 42.5 Å². The van der Waals surface area contributed by atoms with Gasteiger partial charge in [-0.15, -0.1) is 0 Å². The Morgan fingerprint density at radius 2 is 1.44 bits per heavy atom. The lowest BCUT2D eigenvalue weighted by Crippen LogP contribution is -2.03. The first kappa shape index (κ1) is 12.7. The summed E-state index contributed by atoms with van der Waals surface area (Å²) < 4.78 is 5.71. The van der Waals surface area contributed by atoms with E-state index in [0.29, 0.717) is 13.2 Å². The van der Waals surface area contributed by atoms with Crippen LogP contribution in [0.4, 0.5) is 0 Å². The van der Waals surface area contributed by atoms with Crippen molar-refractivity contribution >= 4 is 0 Å². The molecule has 0 heterocycles. The van der Waals surface area contributed by atoms with Gasteiger partial charge < -0.3 is 10.5 Å². The first-order chi connectivity index (χ1) is 8.88. The molecule has 0 amide bonds. The minimum atomic E-state index is 0.689. The number of nitrogens with two attached hydrogens (primary N) is 1. The van der Waals surface area contributed by atoms with Crippen molar-refractivity contribution < 1.29 is 4.74 Å². The Kier molecular flexibility index (Phi) is 4.79. The Bertz CT molecular complexity index is 450. The van der Waals surface area contributed by atoms with Crippen LogP contribution in [0.1, 0.15) is 11.1 Å². The van der Waals surface area contributed by atoms with Crippen molar-refractivity contribution in [2.24, 2.45) is 5.73 Å². The zero-order valence-electron chi connectivity index (χ0n) is 10.5. The van der Waals surface area contributed by atoms with Gasteiger partial charge in [-0.2, -0.15) is 0 Å². The maximum absolute atomic E-state index is 5.71. The lowest BCUT2D eigenvalue weighted by Gasteiger charge is -2.07. The molecule has 2 N–H and O–H groups in total. The van der Waals surface area contributed by atoms with Crippen LogP contribution in [0.2, 0.25) is 0 Å². The van der Waals surface area contributed by atoms with E-state index in [9.17, 15) is 0 Å². The van der Waals surface area contributed by atoms with E-state index in [1.165, 1.54) is 11.1 Å². The third kappa shape index (κ3) is 3.90. The zero-order valence-corrected chi connectivity index (χ0v) is 10.5. The topological polar surface area (TPSA) is 35.2 Å². The van der Waals surface area contributed by atoms with Crippen LogP contribution in [0.15, 0.2) is 54.6 Å². The Hall–Kier alpha value is -1.80. The second-order valence-corrected chi connectivity index (χ2v) is 4.27. The first-order valence-electron chi connectivity index (χ1n) is 6.34. The predicted octanol–water partition coefficient (Wildman–Crippen LogP) is 2.81. The van der Waals surface area contributed by atoms with Gasteiger partial charge in [0, 0.05) is 6.42 Å². The number of rotatable bonds is 6. The molecule has 0 radical (unpaired) electrons. The lowest BCUT2D eigenvalue weighted by atomic mass is 10.1. The van der Waals surface area contributed by atoms with Crippen LogP contribution >= 0.6 is 0 Å². The molecular weight excluding hydrogens is 222 g/mol. The summed E-state index contributed by atoms with van der Waals surface area (Å²) in [4.78, 5) is 0. The fourth-order valence-corrected chi connectivity index (χ4v) is 1.85. The fourth-order valence-electron chi connectivity index (χ4n) is 1.85. The average Bonchev–Trinajstić information content (AvgIpc) is 2.42. The molecule has 0 saturated heterocycles. The Balaban J connectivity index is 1.80. The Morgan fingerprint density at radius 3 is 2.11 bits per heavy atom. The lowest BCUT2D eigenvalue weighted by molar-refractivity contribution is 0.322. The maximum Gasteiger partial charge on any atom is 0.119 e. The van der Waals surface area contributed by atoms with E-state index in [4.69, 9.17) is 10.5 Å². The molecule has 0 aliphatic carbocycles. The number of ether oxygens (including phenoxy) is 1. The summed E-state index contributed by atoms with van der Waals surface area (Å²) in [5.74, 6) is 0.923. The summed E-state index contributed by atoms with van der Waals surface area (Å²) in [6.45, 7) is 1.40. The summed E-state index contributed by atoms with van der Waals surface area (Å²) >= 11 is 0. The van der Waals surface area contributed by atoms with Gasteiger partial charge in [0.25, 0.3) is 0 Å². The van der Waals surface area contributed by atoms with Crippen molar-refractivity contribution in [1.29, 1.82) is 0 Å². The second-order valence-electron chi connectivity index (χ2n) is 4.27. The van der Waals surface area contributed by atoms with Gasteiger partial charge in [0.2, 0.25) is 0 Å². The largest absolute Gasteiger partial charge is 0.493 e. The van der Waals surface area contributed by atoms with Crippen LogP contribution in [-0.4, -0.2) is 13.2 Å². The molecule has 0 atom stereocenters. The molecule has 2 nitrogen and oxygen atoms in total. The molecule has 0 saturated carbocycles. The average molecular weight is 241 g/mol. The normalized spacial score (nSPS) is 10.3. The van der Waals surface area contributed by atoms with Gasteiger partial charge in [0.1, 0.15) is 5.75 Å². The van der Waals surface area contributed by atoms with Gasteiger partial charge in [0.15, 0.2) is 0 Å². The fraction of sp³-hybridized carbons (Fsp3) is 0.250. The molecule has 0 aliphatic heterocycles. The molecule has 0 aliphatic rings. The molecule has 2 aromatic carbocycles. The summed E-state index contributed by atoms with van der Waals surface area (Å²) in [5, 5.41) is 0. The van der Waals surface area contributed by atoms with Gasteiger partial charge in [0.05, 0.1) is 6.61 Å². The predicted molar refractivity (Wildman–Crippen MR) is 74.8 cm³/mol. The molecule has 94 valence electrons. The van der Waals surface area contributed by atoms with Crippen molar-refractivity contribution in [3.63, 3.8) is 0 Å². The van der Waals surface area contributed by atoms with Gasteiger partial charge in [-0.25, -0.2) is 0 Å². The molecule has 2 heteroatoms. The first-order valence-corrected chi connectivity index (χ1v) is 6.34. The summed E-state index contributed by atoms with van der Waals surface area (Å²) in [5.41, 5.74) is 8.07. The molecule has 0 fully saturated rings. The third-order valence-corrected chi connectivity index (χ3v) is 2.86. The summed E-state index contributed by atoms with van der Waals surface area (Å²) in [6, 6.07) is 18.5. The Labute approximate surface area is 108 Å². The molecule has 2 aromatic rings. The smallest absolute Gasteiger partial charge is 0.119 e. The summed E-state index contributed by atoms with van der Waals surface area (Å²) in [6.07, 6.45) is 1.86. The molecule has 0 unspecified atom stereocenters. The highest BCUT2D eigenvalue weighted by atomic mass is 16.5. The van der Waals surface area contributed by atoms with Crippen molar-refractivity contribution in [3.05, 3.63) is 65.7 Å². The number of benzene rings is 2. The van der Waals surface area contributed by atoms with E-state index in [2.05, 4.69) is 36.4 Å². The number of hydrogen-bond acceptors (Lipinski definition) is 2. The van der Waals surface area contributed by atoms with E-state index in [0.717, 1.165) is 18.6 Å². The Morgan fingerprint density at radius 1 is 0.778 bits per heavy atom. The van der Waals surface area contributed by atoms with Crippen LogP contribution in [0.5, 0.6) is 5.75 Å². The summed E-state index contributed by atoms with van der Waals surface area (Å²) in [7, 11) is 0. The van der Waals surface area contributed by atoms with Crippen LogP contribution in [0.25, 0.3) is 0 Å². The minimum Gasteiger partial charge on any atom is -0.493 e. The molecule has 0 spiro atoms. The number of hydrogen-bond donors (Lipinski definition) is 1. The van der Waals surface area contributed by atoms with Gasteiger partial charge in [-0.3, -0.25) is 0 Å². The molecule has 18 heavy (non-hydrogen) atoms. The van der Waals surface area contributed by atoms with E-state index >= 15 is 0 Å². The molecular formula is C16H19NO. The van der Waals surface area contributed by atoms with E-state index in [1.807, 2.05) is 18.2 Å². The van der Waals surface area contributed by atoms with E-state index < -0.39 is 0 Å². The van der Waals surface area contributed by atoms with E-state index in [1.54, 1.807) is 0 Å². The second kappa shape index (κ2) is 6.82. The quantitative estimate of drug-likeness (QED) is 0.844. The molecule has 0 aromatic heterocycles. The van der Waals surface area contributed by atoms with Crippen LogP contribution in [0, 0.1) is 0 Å². The highest BCUT2D eigenvalue weighted by Gasteiger charge is 1.96. The standard InChI is InChI=1S/C16H19NO/c17-12-10-15-6-8-16(9-7-15)18-13-11-14-4-2-1-3-5-14/h1-9H,10-13,17H2. The molecule has 2 rings (SSSR count). The SMILES string of the molecule is NCCc1ccc(OCCc2ccccc2)cc1. The van der Waals surface area contributed by atoms with Crippen molar-refractivity contribution in [2.45, 2.75) is 12.8 Å². The van der Waals surface area contributed by atoms with Crippen molar-refractivity contribution in [2.75, 3.05) is 13.2 Å². The maximum atomic E-state index is 5.71. The van der Waals surface area contributed by atoms with Crippen LogP contribution in [-0.2, 0) is 12.8 Å². The van der Waals surface area contributed by atoms with Crippen molar-refractivity contribution in [1.82, 2.24) is 0 Å². The zero-order chi connectivity index (χ0) is 12.6. The van der Waals surface area contributed by atoms with Gasteiger partial charge in [-0.05, 0) is 36.2 Å². The molecule has 0 bridgehead atoms. The monoisotopic (exact) mass is 241 g/mol. The minimum absolute atomic E-state index is 0.689. The van der Waals surface area contributed by atoms with Gasteiger partial charge >= 0.3 is 0 Å². The van der Waals surface area contributed by atoms with Crippen LogP contribution in [0.3, 0.4) is 0 Å². The highest BCUT2D eigenvalue weighted by molar-refractivity contribution is 5.27. The van der Waals surface area contributed by atoms with E-state index in [-0.39, 0.29) is 0 Å². The third-order valence-electron chi connectivity index (χ3n) is 2.86. The highest BCUT2D eigenvalue weighted by Crippen LogP contribution is 2.13. The van der Waals surface area contributed by atoms with Crippen molar-refractivity contribution in [3.8, 4) is 5.75 Å². The van der Waals surface area contributed by atoms with Crippen LogP contribution < -0.4 is 10.5 Å².